The van der Waals surface area contributed by atoms with E-state index in [0.29, 0.717) is 17.9 Å². The van der Waals surface area contributed by atoms with Crippen LogP contribution in [0.15, 0.2) is 24.3 Å². The minimum atomic E-state index is -0.295. The Labute approximate surface area is 161 Å². The fourth-order valence-corrected chi connectivity index (χ4v) is 3.21. The topological polar surface area (TPSA) is 78.5 Å². The zero-order chi connectivity index (χ0) is 19.8. The van der Waals surface area contributed by atoms with E-state index in [-0.39, 0.29) is 30.3 Å². The Morgan fingerprint density at radius 1 is 1.11 bits per heavy atom. The van der Waals surface area contributed by atoms with E-state index in [2.05, 4.69) is 24.5 Å². The number of hydrogen-bond donors (Lipinski definition) is 2. The molecular formula is C21H31N3O3. The van der Waals surface area contributed by atoms with Crippen LogP contribution in [0.2, 0.25) is 0 Å². The van der Waals surface area contributed by atoms with Crippen molar-refractivity contribution in [3.05, 3.63) is 29.8 Å². The van der Waals surface area contributed by atoms with Crippen LogP contribution >= 0.6 is 0 Å². The van der Waals surface area contributed by atoms with Crippen molar-refractivity contribution in [1.29, 1.82) is 0 Å². The fraction of sp³-hybridized carbons (Fsp3) is 0.571. The Morgan fingerprint density at radius 3 is 2.41 bits per heavy atom. The summed E-state index contributed by atoms with van der Waals surface area (Å²) < 4.78 is 0. The van der Waals surface area contributed by atoms with Crippen LogP contribution in [-0.2, 0) is 9.59 Å². The molecule has 27 heavy (non-hydrogen) atoms. The maximum atomic E-state index is 12.2. The van der Waals surface area contributed by atoms with Gasteiger partial charge in [-0.1, -0.05) is 26.7 Å². The number of anilines is 1. The Morgan fingerprint density at radius 2 is 1.81 bits per heavy atom. The molecule has 1 aliphatic heterocycles. The van der Waals surface area contributed by atoms with Crippen LogP contribution < -0.4 is 15.5 Å². The van der Waals surface area contributed by atoms with Gasteiger partial charge in [0.15, 0.2) is 0 Å². The number of nitrogens with one attached hydrogen (secondary N) is 2. The largest absolute Gasteiger partial charge is 0.352 e. The minimum absolute atomic E-state index is 0.0419. The Hall–Kier alpha value is -2.37. The van der Waals surface area contributed by atoms with E-state index in [1.807, 2.05) is 6.92 Å². The first-order valence-corrected chi connectivity index (χ1v) is 9.85. The zero-order valence-electron chi connectivity index (χ0n) is 16.6. The molecule has 1 aromatic carbocycles. The van der Waals surface area contributed by atoms with Crippen LogP contribution in [0.1, 0.15) is 63.2 Å². The van der Waals surface area contributed by atoms with E-state index in [1.54, 1.807) is 29.2 Å². The first-order chi connectivity index (χ1) is 12.9. The Balaban J connectivity index is 1.74. The van der Waals surface area contributed by atoms with E-state index in [4.69, 9.17) is 0 Å². The van der Waals surface area contributed by atoms with Gasteiger partial charge in [0.05, 0.1) is 6.54 Å². The molecule has 1 fully saturated rings. The lowest BCUT2D eigenvalue weighted by Gasteiger charge is -2.16. The van der Waals surface area contributed by atoms with Gasteiger partial charge < -0.3 is 15.5 Å². The van der Waals surface area contributed by atoms with E-state index < -0.39 is 0 Å². The highest BCUT2D eigenvalue weighted by Crippen LogP contribution is 2.21. The summed E-state index contributed by atoms with van der Waals surface area (Å²) in [6, 6.07) is 7.01. The fourth-order valence-electron chi connectivity index (χ4n) is 3.21. The van der Waals surface area contributed by atoms with Gasteiger partial charge in [-0.2, -0.15) is 0 Å². The Bertz CT molecular complexity index is 655. The highest BCUT2D eigenvalue weighted by molar-refractivity contribution is 5.98. The molecule has 1 heterocycles. The monoisotopic (exact) mass is 373 g/mol. The summed E-state index contributed by atoms with van der Waals surface area (Å²) in [5, 5.41) is 5.56. The molecule has 1 aromatic rings. The summed E-state index contributed by atoms with van der Waals surface area (Å²) in [6.07, 6.45) is 4.61. The number of carbonyl (C=O) groups is 3. The predicted octanol–water partition coefficient (Wildman–Crippen LogP) is 2.87. The van der Waals surface area contributed by atoms with E-state index in [9.17, 15) is 14.4 Å². The standard InChI is InChI=1S/C21H31N3O3/c1-15(2)6-4-7-16(3)23-19(25)14-22-21(27)17-9-11-18(12-10-17)24-13-5-8-20(24)26/h9-12,15-16H,4-8,13-14H2,1-3H3,(H,22,27)(H,23,25). The van der Waals surface area contributed by atoms with E-state index >= 15 is 0 Å². The van der Waals surface area contributed by atoms with Gasteiger partial charge in [-0.05, 0) is 49.9 Å². The van der Waals surface area contributed by atoms with Crippen molar-refractivity contribution >= 4 is 23.4 Å². The first-order valence-electron chi connectivity index (χ1n) is 9.85. The van der Waals surface area contributed by atoms with Gasteiger partial charge >= 0.3 is 0 Å². The average Bonchev–Trinajstić information content (AvgIpc) is 3.05. The van der Waals surface area contributed by atoms with Gasteiger partial charge in [0.25, 0.3) is 5.91 Å². The third kappa shape index (κ3) is 6.70. The molecule has 0 radical (unpaired) electrons. The molecule has 0 aromatic heterocycles. The van der Waals surface area contributed by atoms with Crippen LogP contribution in [0.25, 0.3) is 0 Å². The molecule has 148 valence electrons. The molecule has 1 unspecified atom stereocenters. The molecule has 6 nitrogen and oxygen atoms in total. The highest BCUT2D eigenvalue weighted by atomic mass is 16.2. The van der Waals surface area contributed by atoms with Crippen LogP contribution in [0.5, 0.6) is 0 Å². The van der Waals surface area contributed by atoms with Crippen LogP contribution in [0, 0.1) is 5.92 Å². The lowest BCUT2D eigenvalue weighted by Crippen LogP contribution is -2.40. The molecule has 1 aliphatic rings. The Kier molecular flexibility index (Phi) is 7.82. The average molecular weight is 373 g/mol. The maximum Gasteiger partial charge on any atom is 0.251 e. The molecular weight excluding hydrogens is 342 g/mol. The summed E-state index contributed by atoms with van der Waals surface area (Å²) in [5.41, 5.74) is 1.28. The van der Waals surface area contributed by atoms with Gasteiger partial charge in [0, 0.05) is 30.3 Å². The van der Waals surface area contributed by atoms with Gasteiger partial charge in [-0.25, -0.2) is 0 Å². The van der Waals surface area contributed by atoms with Crippen molar-refractivity contribution in [3.8, 4) is 0 Å². The van der Waals surface area contributed by atoms with Crippen molar-refractivity contribution in [2.24, 2.45) is 5.92 Å². The quantitative estimate of drug-likeness (QED) is 0.699. The lowest BCUT2D eigenvalue weighted by atomic mass is 10.0. The molecule has 6 heteroatoms. The van der Waals surface area contributed by atoms with Gasteiger partial charge in [-0.15, -0.1) is 0 Å². The van der Waals surface area contributed by atoms with Crippen molar-refractivity contribution in [2.45, 2.75) is 58.9 Å². The number of nitrogens with zero attached hydrogens (tertiary/aromatic N) is 1. The van der Waals surface area contributed by atoms with E-state index in [0.717, 1.165) is 37.9 Å². The molecule has 0 aliphatic carbocycles. The third-order valence-electron chi connectivity index (χ3n) is 4.75. The summed E-state index contributed by atoms with van der Waals surface area (Å²) in [7, 11) is 0. The summed E-state index contributed by atoms with van der Waals surface area (Å²) in [4.78, 5) is 37.7. The summed E-state index contributed by atoms with van der Waals surface area (Å²) >= 11 is 0. The predicted molar refractivity (Wildman–Crippen MR) is 107 cm³/mol. The summed E-state index contributed by atoms with van der Waals surface area (Å²) in [5.74, 6) is 0.310. The molecule has 0 spiro atoms. The molecule has 2 rings (SSSR count). The first kappa shape index (κ1) is 20.9. The van der Waals surface area contributed by atoms with Crippen molar-refractivity contribution in [3.63, 3.8) is 0 Å². The van der Waals surface area contributed by atoms with Crippen molar-refractivity contribution < 1.29 is 14.4 Å². The lowest BCUT2D eigenvalue weighted by molar-refractivity contribution is -0.120. The number of carbonyl (C=O) groups excluding carboxylic acids is 3. The van der Waals surface area contributed by atoms with Gasteiger partial charge in [0.1, 0.15) is 0 Å². The number of amides is 3. The smallest absolute Gasteiger partial charge is 0.251 e. The third-order valence-corrected chi connectivity index (χ3v) is 4.75. The molecule has 2 N–H and O–H groups in total. The van der Waals surface area contributed by atoms with Crippen molar-refractivity contribution in [1.82, 2.24) is 10.6 Å². The van der Waals surface area contributed by atoms with Crippen LogP contribution in [0.4, 0.5) is 5.69 Å². The summed E-state index contributed by atoms with van der Waals surface area (Å²) in [6.45, 7) is 7.04. The van der Waals surface area contributed by atoms with Crippen LogP contribution in [0.3, 0.4) is 0 Å². The molecule has 3 amide bonds. The second-order valence-corrected chi connectivity index (χ2v) is 7.67. The molecule has 1 saturated heterocycles. The second-order valence-electron chi connectivity index (χ2n) is 7.67. The van der Waals surface area contributed by atoms with Crippen LogP contribution in [-0.4, -0.2) is 36.9 Å². The molecule has 0 bridgehead atoms. The normalized spacial score (nSPS) is 15.1. The van der Waals surface area contributed by atoms with E-state index in [1.165, 1.54) is 0 Å². The number of hydrogen-bond acceptors (Lipinski definition) is 3. The minimum Gasteiger partial charge on any atom is -0.352 e. The van der Waals surface area contributed by atoms with Gasteiger partial charge in [-0.3, -0.25) is 14.4 Å². The maximum absolute atomic E-state index is 12.2. The SMILES string of the molecule is CC(C)CCCC(C)NC(=O)CNC(=O)c1ccc(N2CCCC2=O)cc1. The molecule has 0 saturated carbocycles. The zero-order valence-corrected chi connectivity index (χ0v) is 16.6. The number of rotatable bonds is 9. The van der Waals surface area contributed by atoms with Crippen molar-refractivity contribution in [2.75, 3.05) is 18.0 Å². The highest BCUT2D eigenvalue weighted by Gasteiger charge is 2.21. The molecule has 1 atom stereocenters. The number of benzene rings is 1. The van der Waals surface area contributed by atoms with Gasteiger partial charge in [0.2, 0.25) is 11.8 Å². The second kappa shape index (κ2) is 10.1.